The maximum absolute atomic E-state index is 13.8. The van der Waals surface area contributed by atoms with E-state index in [1.807, 2.05) is 49.4 Å². The van der Waals surface area contributed by atoms with Crippen molar-refractivity contribution in [3.63, 3.8) is 0 Å². The number of aromatic nitrogens is 5. The number of carboxylic acid groups (broad SMARTS) is 2. The number of hydrogen-bond acceptors (Lipinski definition) is 10. The fourth-order valence-corrected chi connectivity index (χ4v) is 9.01. The van der Waals surface area contributed by atoms with E-state index in [9.17, 15) is 39.6 Å². The zero-order valence-electron chi connectivity index (χ0n) is 34.0. The quantitative estimate of drug-likeness (QED) is 0.112. The van der Waals surface area contributed by atoms with E-state index in [-0.39, 0.29) is 44.8 Å². The van der Waals surface area contributed by atoms with Gasteiger partial charge in [-0.25, -0.2) is 9.20 Å². The molecular formula is C43H48Cl2N8O8. The lowest BCUT2D eigenvalue weighted by Crippen LogP contribution is -2.51. The Hall–Kier alpha value is -5.36. The van der Waals surface area contributed by atoms with E-state index in [0.717, 1.165) is 5.69 Å². The van der Waals surface area contributed by atoms with Gasteiger partial charge in [0, 0.05) is 91.0 Å². The van der Waals surface area contributed by atoms with E-state index in [1.54, 1.807) is 51.4 Å². The number of nitrogens with zero attached hydrogens (tertiary/aromatic N) is 8. The highest BCUT2D eigenvalue weighted by Crippen LogP contribution is 2.42. The number of carbonyl (C=O) groups is 3. The second kappa shape index (κ2) is 18.3. The number of aliphatic hydroxyl groups is 2. The zero-order chi connectivity index (χ0) is 43.7. The Bertz CT molecular complexity index is 2570. The second-order valence-electron chi connectivity index (χ2n) is 15.8. The van der Waals surface area contributed by atoms with Gasteiger partial charge < -0.3 is 29.9 Å². The normalized spacial score (nSPS) is 20.3. The molecule has 5 aromatic rings. The maximum Gasteiger partial charge on any atom is 0.320 e. The fraction of sp³-hybridized carbons (Fsp3) is 0.395. The van der Waals surface area contributed by atoms with Crippen molar-refractivity contribution in [3.8, 4) is 33.6 Å². The van der Waals surface area contributed by atoms with Gasteiger partial charge >= 0.3 is 11.9 Å². The highest BCUT2D eigenvalue weighted by Gasteiger charge is 2.33. The number of carbonyl (C=O) groups excluding carboxylic acids is 1. The fourth-order valence-electron chi connectivity index (χ4n) is 8.36. The molecule has 16 nitrogen and oxygen atoms in total. The van der Waals surface area contributed by atoms with Crippen LogP contribution in [0.4, 0.5) is 0 Å². The number of benzene rings is 2. The summed E-state index contributed by atoms with van der Waals surface area (Å²) in [5.41, 5.74) is 5.54. The van der Waals surface area contributed by atoms with Gasteiger partial charge in [0.15, 0.2) is 0 Å². The lowest BCUT2D eigenvalue weighted by molar-refractivity contribution is -0.147. The summed E-state index contributed by atoms with van der Waals surface area (Å²) in [6.45, 7) is 6.87. The Kier molecular flexibility index (Phi) is 13.1. The van der Waals surface area contributed by atoms with E-state index in [2.05, 4.69) is 0 Å². The van der Waals surface area contributed by atoms with Crippen LogP contribution in [0.3, 0.4) is 0 Å². The third kappa shape index (κ3) is 9.15. The maximum atomic E-state index is 13.8. The number of rotatable bonds is 14. The number of fused-ring (bicyclic) bond motifs is 1. The summed E-state index contributed by atoms with van der Waals surface area (Å²) in [7, 11) is 0. The largest absolute Gasteiger partial charge is 0.480 e. The highest BCUT2D eigenvalue weighted by molar-refractivity contribution is 6.39. The van der Waals surface area contributed by atoms with Gasteiger partial charge in [-0.05, 0) is 58.6 Å². The van der Waals surface area contributed by atoms with Crippen molar-refractivity contribution in [1.29, 1.82) is 0 Å². The number of halogens is 2. The molecule has 322 valence electrons. The molecule has 5 heterocycles. The van der Waals surface area contributed by atoms with Gasteiger partial charge in [0.25, 0.3) is 5.56 Å². The molecule has 0 bridgehead atoms. The van der Waals surface area contributed by atoms with Gasteiger partial charge in [-0.15, -0.1) is 0 Å². The standard InChI is InChI=1S/C43H48Cl2N8O8/c1-25-18-34(46-52(25)20-26(2)50(24-54)15-14-48-22-28(55)10-12-36(48)42(58)59)32-8-4-6-30(39(32)44)31-7-5-9-33(40(31)45)35-19-38-41(57)51(27(3)21-53(38)47-35)17-16-49-23-29(56)11-13-37(49)43(60)61/h4-9,18-21,24,28-29,36-37,55-56H,10-17,22-23H2,1-3H3,(H,58,59)(H,60,61)/b26-20-. The van der Waals surface area contributed by atoms with Gasteiger partial charge in [0.05, 0.1) is 33.6 Å². The number of hydrogen-bond donors (Lipinski definition) is 4. The summed E-state index contributed by atoms with van der Waals surface area (Å²) in [5.74, 6) is -1.90. The van der Waals surface area contributed by atoms with E-state index in [0.29, 0.717) is 92.7 Å². The molecule has 2 saturated heterocycles. The third-order valence-electron chi connectivity index (χ3n) is 11.7. The molecule has 7 rings (SSSR count). The van der Waals surface area contributed by atoms with Crippen LogP contribution >= 0.6 is 23.2 Å². The summed E-state index contributed by atoms with van der Waals surface area (Å²) < 4.78 is 4.75. The second-order valence-corrected chi connectivity index (χ2v) is 16.5. The Morgan fingerprint density at radius 2 is 1.33 bits per heavy atom. The van der Waals surface area contributed by atoms with Crippen LogP contribution in [0, 0.1) is 13.8 Å². The topological polar surface area (TPSA) is 199 Å². The van der Waals surface area contributed by atoms with Gasteiger partial charge in [-0.1, -0.05) is 59.6 Å². The average Bonchev–Trinajstić information content (AvgIpc) is 3.81. The number of piperidine rings is 2. The van der Waals surface area contributed by atoms with Crippen LogP contribution in [0.1, 0.15) is 44.0 Å². The first-order chi connectivity index (χ1) is 29.1. The molecule has 2 aliphatic rings. The molecule has 2 aliphatic heterocycles. The first kappa shape index (κ1) is 43.7. The Labute approximate surface area is 361 Å². The van der Waals surface area contributed by atoms with Crippen molar-refractivity contribution in [2.45, 2.75) is 77.3 Å². The van der Waals surface area contributed by atoms with Crippen molar-refractivity contribution >= 4 is 53.3 Å². The van der Waals surface area contributed by atoms with Crippen LogP contribution in [0.15, 0.2) is 65.2 Å². The molecule has 4 N–H and O–H groups in total. The number of carboxylic acids is 2. The Morgan fingerprint density at radius 3 is 1.89 bits per heavy atom. The first-order valence-corrected chi connectivity index (χ1v) is 20.8. The van der Waals surface area contributed by atoms with Gasteiger partial charge in [-0.2, -0.15) is 10.2 Å². The minimum Gasteiger partial charge on any atom is -0.480 e. The Morgan fingerprint density at radius 1 is 0.787 bits per heavy atom. The minimum absolute atomic E-state index is 0.220. The number of aliphatic hydroxyl groups excluding tert-OH is 2. The molecule has 4 atom stereocenters. The van der Waals surface area contributed by atoms with E-state index < -0.39 is 36.2 Å². The number of β-amino-alcohol motifs (C(OH)–C–C–N with tert-alkyl or cyclic N) is 2. The number of likely N-dealkylation sites (tertiary alicyclic amines) is 2. The predicted octanol–water partition coefficient (Wildman–Crippen LogP) is 4.71. The SMILES string of the molecule is C/C(=C/n1nc(-c2cccc(-c3cccc(-c4cc5c(=O)n(CCN6CC(O)CCC6C(=O)O)c(C)cn5n4)c3Cl)c2Cl)cc1C)N(C=O)CCN1CC(O)CCC1C(=O)O. The number of amides is 1. The van der Waals surface area contributed by atoms with E-state index in [4.69, 9.17) is 33.4 Å². The zero-order valence-corrected chi connectivity index (χ0v) is 35.5. The summed E-state index contributed by atoms with van der Waals surface area (Å²) in [5, 5.41) is 50.0. The molecular weight excluding hydrogens is 827 g/mol. The molecule has 0 radical (unpaired) electrons. The van der Waals surface area contributed by atoms with E-state index in [1.165, 1.54) is 9.42 Å². The molecule has 0 aliphatic carbocycles. The lowest BCUT2D eigenvalue weighted by atomic mass is 9.98. The molecule has 4 unspecified atom stereocenters. The number of aliphatic carboxylic acids is 2. The third-order valence-corrected chi connectivity index (χ3v) is 12.5. The average molecular weight is 876 g/mol. The monoisotopic (exact) mass is 874 g/mol. The van der Waals surface area contributed by atoms with Gasteiger partial charge in [0.2, 0.25) is 6.41 Å². The summed E-state index contributed by atoms with van der Waals surface area (Å²) in [4.78, 5) is 54.5. The molecule has 0 saturated carbocycles. The van der Waals surface area contributed by atoms with Crippen molar-refractivity contribution in [1.82, 2.24) is 38.7 Å². The molecule has 61 heavy (non-hydrogen) atoms. The van der Waals surface area contributed by atoms with Crippen LogP contribution in [0.5, 0.6) is 0 Å². The van der Waals surface area contributed by atoms with Crippen LogP contribution in [-0.4, -0.2) is 134 Å². The van der Waals surface area contributed by atoms with Crippen LogP contribution < -0.4 is 5.56 Å². The van der Waals surface area contributed by atoms with Crippen LogP contribution in [0.25, 0.3) is 45.4 Å². The van der Waals surface area contributed by atoms with Crippen molar-refractivity contribution in [2.75, 3.05) is 32.7 Å². The number of allylic oxidation sites excluding steroid dienone is 1. The van der Waals surface area contributed by atoms with Crippen molar-refractivity contribution < 1.29 is 34.8 Å². The van der Waals surface area contributed by atoms with Crippen molar-refractivity contribution in [3.05, 3.63) is 92.2 Å². The predicted molar refractivity (Wildman–Crippen MR) is 230 cm³/mol. The minimum atomic E-state index is -0.951. The van der Waals surface area contributed by atoms with Gasteiger partial charge in [-0.3, -0.25) is 29.0 Å². The van der Waals surface area contributed by atoms with Crippen LogP contribution in [0.2, 0.25) is 10.0 Å². The molecule has 18 heteroatoms. The first-order valence-electron chi connectivity index (χ1n) is 20.1. The summed E-state index contributed by atoms with van der Waals surface area (Å²) in [6.07, 6.45) is 4.41. The molecule has 0 spiro atoms. The van der Waals surface area contributed by atoms with E-state index >= 15 is 0 Å². The molecule has 1 amide bonds. The highest BCUT2D eigenvalue weighted by atomic mass is 35.5. The smallest absolute Gasteiger partial charge is 0.320 e. The summed E-state index contributed by atoms with van der Waals surface area (Å²) in [6, 6.07) is 13.1. The van der Waals surface area contributed by atoms with Crippen LogP contribution in [-0.2, 0) is 20.9 Å². The molecule has 2 aromatic carbocycles. The number of aryl methyl sites for hydroxylation is 2. The summed E-state index contributed by atoms with van der Waals surface area (Å²) >= 11 is 14.3. The van der Waals surface area contributed by atoms with Crippen molar-refractivity contribution in [2.24, 2.45) is 0 Å². The molecule has 3 aromatic heterocycles. The lowest BCUT2D eigenvalue weighted by Gasteiger charge is -2.36. The van der Waals surface area contributed by atoms with Gasteiger partial charge in [0.1, 0.15) is 17.6 Å². The molecule has 2 fully saturated rings. The Balaban J connectivity index is 1.12.